The van der Waals surface area contributed by atoms with Crippen LogP contribution in [0.5, 0.6) is 0 Å². The molecule has 0 aliphatic heterocycles. The van der Waals surface area contributed by atoms with Crippen LogP contribution in [0.4, 0.5) is 0 Å². The molecule has 0 aliphatic rings. The van der Waals surface area contributed by atoms with Gasteiger partial charge in [-0.25, -0.2) is 0 Å². The molecule has 0 bridgehead atoms. The number of ether oxygens (including phenoxy) is 1. The second-order valence-electron chi connectivity index (χ2n) is 3.84. The molecule has 0 amide bonds. The van der Waals surface area contributed by atoms with Gasteiger partial charge >= 0.3 is 5.97 Å². The Morgan fingerprint density at radius 2 is 2.19 bits per heavy atom. The van der Waals surface area contributed by atoms with Gasteiger partial charge in [0, 0.05) is 4.47 Å². The Morgan fingerprint density at radius 1 is 1.50 bits per heavy atom. The normalized spacial score (nSPS) is 12.6. The van der Waals surface area contributed by atoms with Gasteiger partial charge in [-0.3, -0.25) is 9.69 Å². The number of hydrogen-bond donors (Lipinski definition) is 0. The first-order valence-corrected chi connectivity index (χ1v) is 5.82. The van der Waals surface area contributed by atoms with Crippen LogP contribution < -0.4 is 0 Å². The number of methoxy groups -OCH3 is 1. The molecule has 1 rings (SSSR count). The van der Waals surface area contributed by atoms with E-state index in [1.54, 1.807) is 0 Å². The summed E-state index contributed by atoms with van der Waals surface area (Å²) in [4.78, 5) is 13.4. The molecule has 0 fully saturated rings. The van der Waals surface area contributed by atoms with E-state index in [1.165, 1.54) is 7.11 Å². The molecule has 1 aromatic rings. The molecule has 16 heavy (non-hydrogen) atoms. The molecule has 0 aliphatic carbocycles. The smallest absolute Gasteiger partial charge is 0.323 e. The van der Waals surface area contributed by atoms with Crippen molar-refractivity contribution in [3.63, 3.8) is 0 Å². The quantitative estimate of drug-likeness (QED) is 0.794. The first kappa shape index (κ1) is 13.2. The van der Waals surface area contributed by atoms with Gasteiger partial charge < -0.3 is 4.74 Å². The molecule has 4 heteroatoms. The van der Waals surface area contributed by atoms with E-state index in [9.17, 15) is 4.79 Å². The molecule has 0 unspecified atom stereocenters. The molecule has 0 spiro atoms. The zero-order valence-electron chi connectivity index (χ0n) is 9.74. The summed E-state index contributed by atoms with van der Waals surface area (Å²) in [6, 6.07) is 7.71. The second kappa shape index (κ2) is 6.01. The second-order valence-corrected chi connectivity index (χ2v) is 4.75. The summed E-state index contributed by atoms with van der Waals surface area (Å²) in [6.45, 7) is 0. The van der Waals surface area contributed by atoms with E-state index in [4.69, 9.17) is 4.74 Å². The zero-order chi connectivity index (χ0) is 12.1. The number of likely N-dealkylation sites (N-methyl/N-ethyl adjacent to an activating group) is 1. The van der Waals surface area contributed by atoms with Crippen molar-refractivity contribution < 1.29 is 9.53 Å². The average molecular weight is 286 g/mol. The van der Waals surface area contributed by atoms with Crippen LogP contribution in [0.1, 0.15) is 5.56 Å². The van der Waals surface area contributed by atoms with Crippen molar-refractivity contribution in [1.29, 1.82) is 0 Å². The molecule has 0 N–H and O–H groups in total. The maximum Gasteiger partial charge on any atom is 0.323 e. The summed E-state index contributed by atoms with van der Waals surface area (Å²) in [6.07, 6.45) is 0.652. The lowest BCUT2D eigenvalue weighted by molar-refractivity contribution is -0.145. The third-order valence-electron chi connectivity index (χ3n) is 2.41. The first-order valence-electron chi connectivity index (χ1n) is 5.03. The summed E-state index contributed by atoms with van der Waals surface area (Å²) in [7, 11) is 5.17. The molecule has 0 saturated heterocycles. The topological polar surface area (TPSA) is 29.5 Å². The van der Waals surface area contributed by atoms with Crippen LogP contribution in [-0.2, 0) is 16.0 Å². The maximum absolute atomic E-state index is 11.6. The van der Waals surface area contributed by atoms with Gasteiger partial charge in [-0.2, -0.15) is 0 Å². The molecule has 0 heterocycles. The van der Waals surface area contributed by atoms with E-state index >= 15 is 0 Å². The minimum absolute atomic E-state index is 0.204. The fraction of sp³-hybridized carbons (Fsp3) is 0.417. The van der Waals surface area contributed by atoms with Crippen LogP contribution in [0.15, 0.2) is 28.7 Å². The van der Waals surface area contributed by atoms with Crippen molar-refractivity contribution in [1.82, 2.24) is 4.90 Å². The maximum atomic E-state index is 11.6. The lowest BCUT2D eigenvalue weighted by Gasteiger charge is -2.21. The Hall–Kier alpha value is -0.870. The fourth-order valence-electron chi connectivity index (χ4n) is 1.50. The van der Waals surface area contributed by atoms with Crippen LogP contribution in [0.2, 0.25) is 0 Å². The zero-order valence-corrected chi connectivity index (χ0v) is 11.3. The Morgan fingerprint density at radius 3 is 2.69 bits per heavy atom. The minimum Gasteiger partial charge on any atom is -0.468 e. The van der Waals surface area contributed by atoms with Crippen molar-refractivity contribution in [2.45, 2.75) is 12.5 Å². The van der Waals surface area contributed by atoms with Crippen molar-refractivity contribution >= 4 is 21.9 Å². The number of esters is 1. The van der Waals surface area contributed by atoms with Gasteiger partial charge in [0.15, 0.2) is 0 Å². The summed E-state index contributed by atoms with van der Waals surface area (Å²) >= 11 is 3.41. The highest BCUT2D eigenvalue weighted by atomic mass is 79.9. The summed E-state index contributed by atoms with van der Waals surface area (Å²) < 4.78 is 5.80. The molecule has 1 atom stereocenters. The predicted octanol–water partition coefficient (Wildman–Crippen LogP) is 2.09. The van der Waals surface area contributed by atoms with Gasteiger partial charge in [-0.05, 0) is 38.2 Å². The summed E-state index contributed by atoms with van der Waals surface area (Å²) in [5, 5.41) is 0. The largest absolute Gasteiger partial charge is 0.468 e. The van der Waals surface area contributed by atoms with E-state index in [0.29, 0.717) is 6.42 Å². The van der Waals surface area contributed by atoms with Crippen LogP contribution in [0.3, 0.4) is 0 Å². The number of benzene rings is 1. The summed E-state index contributed by atoms with van der Waals surface area (Å²) in [5.74, 6) is -0.204. The number of nitrogens with zero attached hydrogens (tertiary/aromatic N) is 1. The van der Waals surface area contributed by atoms with E-state index < -0.39 is 0 Å². The Bertz CT molecular complexity index is 366. The van der Waals surface area contributed by atoms with Gasteiger partial charge in [-0.1, -0.05) is 28.1 Å². The van der Waals surface area contributed by atoms with Crippen molar-refractivity contribution in [2.24, 2.45) is 0 Å². The fourth-order valence-corrected chi connectivity index (χ4v) is 1.95. The molecule has 0 radical (unpaired) electrons. The summed E-state index contributed by atoms with van der Waals surface area (Å²) in [5.41, 5.74) is 1.11. The molecule has 88 valence electrons. The van der Waals surface area contributed by atoms with E-state index in [1.807, 2.05) is 43.3 Å². The van der Waals surface area contributed by atoms with Crippen molar-refractivity contribution in [3.05, 3.63) is 34.3 Å². The Labute approximate surface area is 105 Å². The highest BCUT2D eigenvalue weighted by molar-refractivity contribution is 9.10. The lowest BCUT2D eigenvalue weighted by Crippen LogP contribution is -2.38. The van der Waals surface area contributed by atoms with Gasteiger partial charge in [0.05, 0.1) is 7.11 Å². The highest BCUT2D eigenvalue weighted by Gasteiger charge is 2.21. The third kappa shape index (κ3) is 3.61. The molecular weight excluding hydrogens is 270 g/mol. The van der Waals surface area contributed by atoms with Crippen LogP contribution in [0, 0.1) is 0 Å². The average Bonchev–Trinajstić information content (AvgIpc) is 2.24. The van der Waals surface area contributed by atoms with Gasteiger partial charge in [0.1, 0.15) is 6.04 Å². The molecule has 1 aromatic carbocycles. The number of hydrogen-bond acceptors (Lipinski definition) is 3. The number of rotatable bonds is 4. The van der Waals surface area contributed by atoms with Crippen LogP contribution >= 0.6 is 15.9 Å². The number of carbonyl (C=O) groups is 1. The standard InChI is InChI=1S/C12H16BrNO2/c1-14(2)11(12(15)16-3)8-9-5-4-6-10(13)7-9/h4-7,11H,8H2,1-3H3/t11-/m0/s1. The van der Waals surface area contributed by atoms with E-state index in [0.717, 1.165) is 10.0 Å². The SMILES string of the molecule is COC(=O)[C@H](Cc1cccc(Br)c1)N(C)C. The van der Waals surface area contributed by atoms with E-state index in [2.05, 4.69) is 15.9 Å². The van der Waals surface area contributed by atoms with Crippen LogP contribution in [-0.4, -0.2) is 38.1 Å². The number of halogens is 1. The predicted molar refractivity (Wildman–Crippen MR) is 67.3 cm³/mol. The Balaban J connectivity index is 2.79. The van der Waals surface area contributed by atoms with Crippen LogP contribution in [0.25, 0.3) is 0 Å². The van der Waals surface area contributed by atoms with Gasteiger partial charge in [-0.15, -0.1) is 0 Å². The minimum atomic E-state index is -0.237. The molecule has 0 aromatic heterocycles. The Kier molecular flexibility index (Phi) is 4.96. The highest BCUT2D eigenvalue weighted by Crippen LogP contribution is 2.14. The van der Waals surface area contributed by atoms with Crippen molar-refractivity contribution in [3.8, 4) is 0 Å². The van der Waals surface area contributed by atoms with Gasteiger partial charge in [0.25, 0.3) is 0 Å². The molecular formula is C12H16BrNO2. The molecule has 3 nitrogen and oxygen atoms in total. The van der Waals surface area contributed by atoms with Crippen molar-refractivity contribution in [2.75, 3.05) is 21.2 Å². The lowest BCUT2D eigenvalue weighted by atomic mass is 10.1. The van der Waals surface area contributed by atoms with Gasteiger partial charge in [0.2, 0.25) is 0 Å². The molecule has 0 saturated carbocycles. The number of carbonyl (C=O) groups excluding carboxylic acids is 1. The third-order valence-corrected chi connectivity index (χ3v) is 2.91. The van der Waals surface area contributed by atoms with E-state index in [-0.39, 0.29) is 12.0 Å². The first-order chi connectivity index (χ1) is 7.54. The monoisotopic (exact) mass is 285 g/mol.